The molecule has 0 spiro atoms. The molecule has 5 nitrogen and oxygen atoms in total. The van der Waals surface area contributed by atoms with Crippen LogP contribution in [0.5, 0.6) is 0 Å². The zero-order valence-electron chi connectivity index (χ0n) is 11.4. The Balaban J connectivity index is 1.88. The van der Waals surface area contributed by atoms with E-state index in [4.69, 9.17) is 5.73 Å². The number of nitrogen functional groups attached to an aromatic ring is 1. The van der Waals surface area contributed by atoms with Crippen molar-refractivity contribution in [3.8, 4) is 0 Å². The molecule has 1 saturated carbocycles. The summed E-state index contributed by atoms with van der Waals surface area (Å²) in [4.78, 5) is 3.26. The minimum atomic E-state index is -3.49. The SMILES string of the molecule is CCCC1CC1NS(=O)(=O)c1c[nH]c2ccc(N)cc12. The second-order valence-electron chi connectivity index (χ2n) is 5.47. The van der Waals surface area contributed by atoms with Crippen molar-refractivity contribution in [1.29, 1.82) is 0 Å². The van der Waals surface area contributed by atoms with Crippen LogP contribution in [0.2, 0.25) is 0 Å². The summed E-state index contributed by atoms with van der Waals surface area (Å²) < 4.78 is 27.7. The quantitative estimate of drug-likeness (QED) is 0.739. The number of nitrogens with two attached hydrogens (primary N) is 1. The smallest absolute Gasteiger partial charge is 0.242 e. The Morgan fingerprint density at radius 2 is 2.25 bits per heavy atom. The van der Waals surface area contributed by atoms with Gasteiger partial charge in [-0.2, -0.15) is 0 Å². The van der Waals surface area contributed by atoms with E-state index in [0.717, 1.165) is 24.8 Å². The van der Waals surface area contributed by atoms with Gasteiger partial charge in [0.25, 0.3) is 0 Å². The molecule has 2 unspecified atom stereocenters. The molecule has 1 aliphatic rings. The summed E-state index contributed by atoms with van der Waals surface area (Å²) in [6.07, 6.45) is 4.64. The van der Waals surface area contributed by atoms with Crippen molar-refractivity contribution in [2.24, 2.45) is 5.92 Å². The van der Waals surface area contributed by atoms with Crippen LogP contribution in [0.4, 0.5) is 5.69 Å². The van der Waals surface area contributed by atoms with Crippen LogP contribution in [0.1, 0.15) is 26.2 Å². The second kappa shape index (κ2) is 4.79. The molecular formula is C14H19N3O2S. The van der Waals surface area contributed by atoms with E-state index in [9.17, 15) is 8.42 Å². The van der Waals surface area contributed by atoms with Crippen LogP contribution >= 0.6 is 0 Å². The average molecular weight is 293 g/mol. The Kier molecular flexibility index (Phi) is 3.22. The predicted molar refractivity (Wildman–Crippen MR) is 79.8 cm³/mol. The van der Waals surface area contributed by atoms with Gasteiger partial charge in [0.15, 0.2) is 0 Å². The Morgan fingerprint density at radius 3 is 3.00 bits per heavy atom. The number of hydrogen-bond acceptors (Lipinski definition) is 3. The molecule has 108 valence electrons. The summed E-state index contributed by atoms with van der Waals surface area (Å²) in [7, 11) is -3.49. The van der Waals surface area contributed by atoms with Crippen molar-refractivity contribution >= 4 is 26.6 Å². The lowest BCUT2D eigenvalue weighted by atomic mass is 10.2. The number of rotatable bonds is 5. The van der Waals surface area contributed by atoms with Gasteiger partial charge in [-0.1, -0.05) is 13.3 Å². The molecular weight excluding hydrogens is 274 g/mol. The Bertz CT molecular complexity index is 736. The van der Waals surface area contributed by atoms with Crippen LogP contribution in [0.3, 0.4) is 0 Å². The van der Waals surface area contributed by atoms with E-state index in [0.29, 0.717) is 17.0 Å². The van der Waals surface area contributed by atoms with Crippen molar-refractivity contribution in [1.82, 2.24) is 9.71 Å². The predicted octanol–water partition coefficient (Wildman–Crippen LogP) is 2.22. The van der Waals surface area contributed by atoms with Crippen LogP contribution in [0.15, 0.2) is 29.3 Å². The van der Waals surface area contributed by atoms with Gasteiger partial charge >= 0.3 is 0 Å². The number of sulfonamides is 1. The van der Waals surface area contributed by atoms with Gasteiger partial charge in [-0.15, -0.1) is 0 Å². The Morgan fingerprint density at radius 1 is 1.45 bits per heavy atom. The van der Waals surface area contributed by atoms with Crippen LogP contribution < -0.4 is 10.5 Å². The van der Waals surface area contributed by atoms with Gasteiger partial charge in [0.1, 0.15) is 4.90 Å². The third-order valence-corrected chi connectivity index (χ3v) is 5.38. The highest BCUT2D eigenvalue weighted by Crippen LogP contribution is 2.36. The molecule has 1 aromatic carbocycles. The molecule has 2 atom stereocenters. The number of H-pyrrole nitrogens is 1. The minimum absolute atomic E-state index is 0.0889. The van der Waals surface area contributed by atoms with E-state index in [1.165, 1.54) is 6.20 Å². The maximum atomic E-state index is 12.4. The van der Waals surface area contributed by atoms with Crippen LogP contribution in [-0.2, 0) is 10.0 Å². The minimum Gasteiger partial charge on any atom is -0.399 e. The fourth-order valence-electron chi connectivity index (χ4n) is 2.68. The summed E-state index contributed by atoms with van der Waals surface area (Å²) in [5, 5.41) is 0.644. The van der Waals surface area contributed by atoms with Gasteiger partial charge in [-0.25, -0.2) is 13.1 Å². The molecule has 3 rings (SSSR count). The van der Waals surface area contributed by atoms with Crippen molar-refractivity contribution in [3.63, 3.8) is 0 Å². The van der Waals surface area contributed by atoms with E-state index in [2.05, 4.69) is 16.6 Å². The second-order valence-corrected chi connectivity index (χ2v) is 7.15. The first-order valence-electron chi connectivity index (χ1n) is 6.90. The Labute approximate surface area is 118 Å². The molecule has 0 saturated heterocycles. The van der Waals surface area contributed by atoms with Crippen molar-refractivity contribution < 1.29 is 8.42 Å². The number of aromatic nitrogens is 1. The lowest BCUT2D eigenvalue weighted by molar-refractivity contribution is 0.574. The van der Waals surface area contributed by atoms with Crippen LogP contribution in [0.25, 0.3) is 10.9 Å². The highest BCUT2D eigenvalue weighted by Gasteiger charge is 2.39. The highest BCUT2D eigenvalue weighted by atomic mass is 32.2. The molecule has 4 N–H and O–H groups in total. The molecule has 1 fully saturated rings. The zero-order chi connectivity index (χ0) is 14.3. The van der Waals surface area contributed by atoms with Crippen LogP contribution in [0, 0.1) is 5.92 Å². The molecule has 0 aliphatic heterocycles. The van der Waals surface area contributed by atoms with Gasteiger partial charge in [0, 0.05) is 28.8 Å². The van der Waals surface area contributed by atoms with Gasteiger partial charge in [-0.3, -0.25) is 0 Å². The zero-order valence-corrected chi connectivity index (χ0v) is 12.2. The fourth-order valence-corrected chi connectivity index (χ4v) is 4.17. The van der Waals surface area contributed by atoms with E-state index >= 15 is 0 Å². The molecule has 0 radical (unpaired) electrons. The van der Waals surface area contributed by atoms with E-state index in [-0.39, 0.29) is 10.9 Å². The van der Waals surface area contributed by atoms with E-state index in [1.807, 2.05) is 0 Å². The number of benzene rings is 1. The van der Waals surface area contributed by atoms with Crippen LogP contribution in [-0.4, -0.2) is 19.4 Å². The maximum absolute atomic E-state index is 12.4. The standard InChI is InChI=1S/C14H19N3O2S/c1-2-3-9-6-13(9)17-20(18,19)14-8-16-12-5-4-10(15)7-11(12)14/h4-5,7-9,13,16-17H,2-3,6,15H2,1H3. The largest absolute Gasteiger partial charge is 0.399 e. The number of anilines is 1. The maximum Gasteiger partial charge on any atom is 0.242 e. The first-order valence-corrected chi connectivity index (χ1v) is 8.38. The highest BCUT2D eigenvalue weighted by molar-refractivity contribution is 7.89. The normalized spacial score (nSPS) is 22.2. The molecule has 0 amide bonds. The van der Waals surface area contributed by atoms with Crippen molar-refractivity contribution in [2.75, 3.05) is 5.73 Å². The third-order valence-electron chi connectivity index (χ3n) is 3.85. The average Bonchev–Trinajstić information content (AvgIpc) is 2.95. The molecule has 6 heteroatoms. The summed E-state index contributed by atoms with van der Waals surface area (Å²) in [5.41, 5.74) is 7.08. The van der Waals surface area contributed by atoms with Crippen molar-refractivity contribution in [2.45, 2.75) is 37.1 Å². The number of hydrogen-bond donors (Lipinski definition) is 3. The third kappa shape index (κ3) is 2.41. The molecule has 1 aromatic heterocycles. The van der Waals surface area contributed by atoms with Gasteiger partial charge in [0.05, 0.1) is 0 Å². The van der Waals surface area contributed by atoms with E-state index in [1.54, 1.807) is 18.2 Å². The summed E-state index contributed by atoms with van der Waals surface area (Å²) in [6, 6.07) is 5.32. The molecule has 20 heavy (non-hydrogen) atoms. The molecule has 1 heterocycles. The Hall–Kier alpha value is -1.53. The molecule has 0 bridgehead atoms. The number of fused-ring (bicyclic) bond motifs is 1. The summed E-state index contributed by atoms with van der Waals surface area (Å²) >= 11 is 0. The molecule has 2 aromatic rings. The lowest BCUT2D eigenvalue weighted by Crippen LogP contribution is -2.26. The fraction of sp³-hybridized carbons (Fsp3) is 0.429. The first-order chi connectivity index (χ1) is 9.51. The lowest BCUT2D eigenvalue weighted by Gasteiger charge is -2.05. The van der Waals surface area contributed by atoms with E-state index < -0.39 is 10.0 Å². The first kappa shape index (κ1) is 13.5. The van der Waals surface area contributed by atoms with Gasteiger partial charge in [-0.05, 0) is 37.0 Å². The topological polar surface area (TPSA) is 88.0 Å². The molecule has 1 aliphatic carbocycles. The number of nitrogens with one attached hydrogen (secondary N) is 2. The monoisotopic (exact) mass is 293 g/mol. The van der Waals surface area contributed by atoms with Crippen molar-refractivity contribution in [3.05, 3.63) is 24.4 Å². The van der Waals surface area contributed by atoms with Gasteiger partial charge in [0.2, 0.25) is 10.0 Å². The number of aromatic amines is 1. The van der Waals surface area contributed by atoms with Gasteiger partial charge < -0.3 is 10.7 Å². The summed E-state index contributed by atoms with van der Waals surface area (Å²) in [5.74, 6) is 0.491. The summed E-state index contributed by atoms with van der Waals surface area (Å²) in [6.45, 7) is 2.12.